The highest BCUT2D eigenvalue weighted by atomic mass is 32.1. The number of aryl methyl sites for hydroxylation is 1. The van der Waals surface area contributed by atoms with E-state index in [4.69, 9.17) is 4.74 Å². The predicted octanol–water partition coefficient (Wildman–Crippen LogP) is 6.84. The first-order valence-corrected chi connectivity index (χ1v) is 12.7. The van der Waals surface area contributed by atoms with Crippen molar-refractivity contribution in [3.8, 4) is 5.75 Å². The van der Waals surface area contributed by atoms with Crippen molar-refractivity contribution in [1.29, 1.82) is 0 Å². The van der Waals surface area contributed by atoms with Crippen LogP contribution >= 0.6 is 11.3 Å². The monoisotopic (exact) mass is 462 g/mol. The first-order chi connectivity index (χ1) is 16.0. The Labute approximate surface area is 201 Å². The second-order valence-electron chi connectivity index (χ2n) is 8.97. The van der Waals surface area contributed by atoms with Crippen LogP contribution in [0.3, 0.4) is 0 Å². The number of nitrogens with one attached hydrogen (secondary N) is 1. The van der Waals surface area contributed by atoms with Crippen molar-refractivity contribution in [1.82, 2.24) is 4.90 Å². The molecule has 1 amide bonds. The van der Waals surface area contributed by atoms with E-state index < -0.39 is 0 Å². The first kappa shape index (κ1) is 23.5. The van der Waals surface area contributed by atoms with Gasteiger partial charge in [0.15, 0.2) is 0 Å². The number of benzene rings is 2. The average Bonchev–Trinajstić information content (AvgIpc) is 3.10. The minimum absolute atomic E-state index is 0.0594. The molecular formula is C28H34N2O2S. The van der Waals surface area contributed by atoms with Gasteiger partial charge in [0, 0.05) is 16.0 Å². The lowest BCUT2D eigenvalue weighted by atomic mass is 9.91. The standard InChI is InChI=1S/C28H34N2O2S/c1-5-32-24-13-11-22(12-14-24)26(30-17-15-19(2)16-18-30)25-20(3)21(4)33-28(25)29-27(31)23-9-7-6-8-10-23/h6-14,19,26H,5,15-18H2,1-4H3,(H,29,31)/t26-/m0/s1. The van der Waals surface area contributed by atoms with Crippen LogP contribution in [0, 0.1) is 19.8 Å². The molecule has 0 saturated carbocycles. The first-order valence-electron chi connectivity index (χ1n) is 11.9. The largest absolute Gasteiger partial charge is 0.494 e. The van der Waals surface area contributed by atoms with Gasteiger partial charge in [0.1, 0.15) is 10.8 Å². The van der Waals surface area contributed by atoms with Crippen LogP contribution in [0.4, 0.5) is 5.00 Å². The topological polar surface area (TPSA) is 41.6 Å². The van der Waals surface area contributed by atoms with E-state index in [1.54, 1.807) is 11.3 Å². The number of anilines is 1. The van der Waals surface area contributed by atoms with Gasteiger partial charge < -0.3 is 10.1 Å². The summed E-state index contributed by atoms with van der Waals surface area (Å²) in [5, 5.41) is 4.20. The zero-order valence-corrected chi connectivity index (χ0v) is 20.9. The van der Waals surface area contributed by atoms with Crippen LogP contribution in [0.1, 0.15) is 64.7 Å². The number of ether oxygens (including phenoxy) is 1. The summed E-state index contributed by atoms with van der Waals surface area (Å²) in [7, 11) is 0. The zero-order valence-electron chi connectivity index (χ0n) is 20.1. The molecule has 0 spiro atoms. The molecule has 1 atom stereocenters. The molecule has 0 radical (unpaired) electrons. The third kappa shape index (κ3) is 5.31. The van der Waals surface area contributed by atoms with Crippen molar-refractivity contribution in [2.75, 3.05) is 25.0 Å². The fraction of sp³-hybridized carbons (Fsp3) is 0.393. The van der Waals surface area contributed by atoms with Gasteiger partial charge in [-0.15, -0.1) is 11.3 Å². The van der Waals surface area contributed by atoms with E-state index in [2.05, 4.69) is 55.3 Å². The van der Waals surface area contributed by atoms with Crippen LogP contribution in [0.15, 0.2) is 54.6 Å². The molecular weight excluding hydrogens is 428 g/mol. The Kier molecular flexibility index (Phi) is 7.51. The average molecular weight is 463 g/mol. The number of thiophene rings is 1. The fourth-order valence-corrected chi connectivity index (χ4v) is 5.68. The SMILES string of the molecule is CCOc1ccc([C@@H](c2c(NC(=O)c3ccccc3)sc(C)c2C)N2CCC(C)CC2)cc1. The van der Waals surface area contributed by atoms with Crippen LogP contribution in [0.5, 0.6) is 5.75 Å². The number of rotatable bonds is 7. The number of hydrogen-bond acceptors (Lipinski definition) is 4. The maximum absolute atomic E-state index is 13.0. The molecule has 174 valence electrons. The minimum atomic E-state index is -0.0594. The summed E-state index contributed by atoms with van der Waals surface area (Å²) in [5.41, 5.74) is 4.40. The molecule has 2 heterocycles. The van der Waals surface area contributed by atoms with Crippen LogP contribution in [-0.4, -0.2) is 30.5 Å². The molecule has 1 aliphatic heterocycles. The summed E-state index contributed by atoms with van der Waals surface area (Å²) < 4.78 is 5.69. The number of likely N-dealkylation sites (tertiary alicyclic amines) is 1. The molecule has 0 unspecified atom stereocenters. The van der Waals surface area contributed by atoms with E-state index in [0.29, 0.717) is 12.2 Å². The Hall–Kier alpha value is -2.63. The summed E-state index contributed by atoms with van der Waals surface area (Å²) in [6.45, 7) is 11.5. The van der Waals surface area contributed by atoms with Crippen LogP contribution < -0.4 is 10.1 Å². The second kappa shape index (κ2) is 10.5. The second-order valence-corrected chi connectivity index (χ2v) is 10.2. The lowest BCUT2D eigenvalue weighted by Gasteiger charge is -2.38. The molecule has 0 aliphatic carbocycles. The summed E-state index contributed by atoms with van der Waals surface area (Å²) in [5.74, 6) is 1.59. The van der Waals surface area contributed by atoms with Gasteiger partial charge in [0.2, 0.25) is 0 Å². The highest BCUT2D eigenvalue weighted by Gasteiger charge is 2.31. The molecule has 0 bridgehead atoms. The quantitative estimate of drug-likeness (QED) is 0.418. The number of hydrogen-bond donors (Lipinski definition) is 1. The Balaban J connectivity index is 1.74. The molecule has 1 N–H and O–H groups in total. The lowest BCUT2D eigenvalue weighted by molar-refractivity contribution is 0.102. The van der Waals surface area contributed by atoms with Crippen molar-refractivity contribution < 1.29 is 9.53 Å². The molecule has 1 fully saturated rings. The number of nitrogens with zero attached hydrogens (tertiary/aromatic N) is 1. The molecule has 4 rings (SSSR count). The van der Waals surface area contributed by atoms with Gasteiger partial charge in [-0.1, -0.05) is 37.3 Å². The van der Waals surface area contributed by atoms with E-state index in [-0.39, 0.29) is 11.9 Å². The maximum Gasteiger partial charge on any atom is 0.256 e. The number of carbonyl (C=O) groups excluding carboxylic acids is 1. The van der Waals surface area contributed by atoms with Crippen molar-refractivity contribution in [3.63, 3.8) is 0 Å². The van der Waals surface area contributed by atoms with Crippen molar-refractivity contribution in [2.45, 2.75) is 46.6 Å². The van der Waals surface area contributed by atoms with Crippen molar-refractivity contribution in [3.05, 3.63) is 81.7 Å². The molecule has 2 aromatic carbocycles. The molecule has 4 nitrogen and oxygen atoms in total. The molecule has 3 aromatic rings. The lowest BCUT2D eigenvalue weighted by Crippen LogP contribution is -2.37. The Morgan fingerprint density at radius 1 is 1.09 bits per heavy atom. The van der Waals surface area contributed by atoms with E-state index in [1.807, 2.05) is 37.3 Å². The smallest absolute Gasteiger partial charge is 0.256 e. The third-order valence-corrected chi connectivity index (χ3v) is 7.80. The van der Waals surface area contributed by atoms with Gasteiger partial charge in [0.25, 0.3) is 5.91 Å². The van der Waals surface area contributed by atoms with Crippen molar-refractivity contribution in [2.24, 2.45) is 5.92 Å². The third-order valence-electron chi connectivity index (χ3n) is 6.66. The van der Waals surface area contributed by atoms with Gasteiger partial charge >= 0.3 is 0 Å². The Morgan fingerprint density at radius 2 is 1.76 bits per heavy atom. The zero-order chi connectivity index (χ0) is 23.4. The van der Waals surface area contributed by atoms with Crippen LogP contribution in [0.25, 0.3) is 0 Å². The molecule has 5 heteroatoms. The van der Waals surface area contributed by atoms with E-state index >= 15 is 0 Å². The van der Waals surface area contributed by atoms with Gasteiger partial charge in [-0.3, -0.25) is 9.69 Å². The number of piperidine rings is 1. The Bertz CT molecular complexity index is 1070. The van der Waals surface area contributed by atoms with Crippen molar-refractivity contribution >= 4 is 22.2 Å². The van der Waals surface area contributed by atoms with Crippen LogP contribution in [-0.2, 0) is 0 Å². The van der Waals surface area contributed by atoms with Gasteiger partial charge in [-0.25, -0.2) is 0 Å². The van der Waals surface area contributed by atoms with E-state index in [0.717, 1.165) is 29.8 Å². The number of carbonyl (C=O) groups is 1. The minimum Gasteiger partial charge on any atom is -0.494 e. The molecule has 1 saturated heterocycles. The number of amides is 1. The molecule has 1 aliphatic rings. The van der Waals surface area contributed by atoms with E-state index in [1.165, 1.54) is 34.4 Å². The maximum atomic E-state index is 13.0. The van der Waals surface area contributed by atoms with Gasteiger partial charge in [-0.05, 0) is 88.0 Å². The summed E-state index contributed by atoms with van der Waals surface area (Å²) >= 11 is 1.68. The van der Waals surface area contributed by atoms with Gasteiger partial charge in [-0.2, -0.15) is 0 Å². The highest BCUT2D eigenvalue weighted by Crippen LogP contribution is 2.43. The molecule has 33 heavy (non-hydrogen) atoms. The van der Waals surface area contributed by atoms with E-state index in [9.17, 15) is 4.79 Å². The normalized spacial score (nSPS) is 15.9. The predicted molar refractivity (Wildman–Crippen MR) is 138 cm³/mol. The fourth-order valence-electron chi connectivity index (χ4n) is 4.59. The summed E-state index contributed by atoms with van der Waals surface area (Å²) in [4.78, 5) is 16.9. The summed E-state index contributed by atoms with van der Waals surface area (Å²) in [6.07, 6.45) is 2.39. The van der Waals surface area contributed by atoms with Crippen LogP contribution in [0.2, 0.25) is 0 Å². The highest BCUT2D eigenvalue weighted by molar-refractivity contribution is 7.16. The summed E-state index contributed by atoms with van der Waals surface area (Å²) in [6, 6.07) is 18.1. The van der Waals surface area contributed by atoms with Gasteiger partial charge in [0.05, 0.1) is 12.6 Å². The molecule has 1 aromatic heterocycles. The Morgan fingerprint density at radius 3 is 2.39 bits per heavy atom.